The number of piperazine rings is 1. The first-order chi connectivity index (χ1) is 12.9. The Bertz CT molecular complexity index is 874. The molecule has 0 spiro atoms. The van der Waals surface area contributed by atoms with Crippen molar-refractivity contribution < 1.29 is 4.79 Å². The summed E-state index contributed by atoms with van der Waals surface area (Å²) in [5, 5.41) is 0.650. The molecule has 2 aromatic rings. The predicted octanol–water partition coefficient (Wildman–Crippen LogP) is 3.77. The Labute approximate surface area is 165 Å². The molecular weight excluding hydrogens is 360 g/mol. The number of aromatic nitrogens is 1. The Morgan fingerprint density at radius 2 is 1.78 bits per heavy atom. The van der Waals surface area contributed by atoms with Crippen LogP contribution in [0.3, 0.4) is 0 Å². The topological polar surface area (TPSA) is 39.7 Å². The molecule has 5 nitrogen and oxygen atoms in total. The summed E-state index contributed by atoms with van der Waals surface area (Å²) in [4.78, 5) is 24.2. The van der Waals surface area contributed by atoms with Crippen LogP contribution >= 0.6 is 11.6 Å². The number of hydrogen-bond donors (Lipinski definition) is 0. The van der Waals surface area contributed by atoms with E-state index in [0.29, 0.717) is 10.6 Å². The molecule has 0 atom stereocenters. The van der Waals surface area contributed by atoms with Gasteiger partial charge in [0.2, 0.25) is 0 Å². The number of hydrogen-bond acceptors (Lipinski definition) is 4. The summed E-state index contributed by atoms with van der Waals surface area (Å²) < 4.78 is 0. The van der Waals surface area contributed by atoms with Crippen molar-refractivity contribution in [3.63, 3.8) is 0 Å². The summed E-state index contributed by atoms with van der Waals surface area (Å²) in [5.74, 6) is 0.00131. The van der Waals surface area contributed by atoms with Gasteiger partial charge >= 0.3 is 0 Å². The van der Waals surface area contributed by atoms with Gasteiger partial charge in [0.05, 0.1) is 29.3 Å². The van der Waals surface area contributed by atoms with E-state index in [1.165, 1.54) is 0 Å². The molecule has 0 aliphatic carbocycles. The molecule has 3 heterocycles. The van der Waals surface area contributed by atoms with Crippen molar-refractivity contribution in [3.05, 3.63) is 52.8 Å². The van der Waals surface area contributed by atoms with Crippen LogP contribution in [0.15, 0.2) is 36.7 Å². The SMILES string of the molecule is CCN1CCN(c2cncc(N3C(=O)c4ccc(Cl)cc4C3(C)C)c2)CC1. The molecule has 27 heavy (non-hydrogen) atoms. The zero-order valence-electron chi connectivity index (χ0n) is 16.1. The van der Waals surface area contributed by atoms with Crippen LogP contribution in [0, 0.1) is 0 Å². The van der Waals surface area contributed by atoms with Crippen molar-refractivity contribution in [2.45, 2.75) is 26.3 Å². The summed E-state index contributed by atoms with van der Waals surface area (Å²) >= 11 is 6.19. The highest BCUT2D eigenvalue weighted by Crippen LogP contribution is 2.43. The summed E-state index contributed by atoms with van der Waals surface area (Å²) in [7, 11) is 0. The molecule has 142 valence electrons. The van der Waals surface area contributed by atoms with Gasteiger partial charge in [0, 0.05) is 36.8 Å². The minimum atomic E-state index is -0.474. The van der Waals surface area contributed by atoms with Crippen LogP contribution in [0.25, 0.3) is 0 Å². The van der Waals surface area contributed by atoms with E-state index in [1.807, 2.05) is 23.2 Å². The lowest BCUT2D eigenvalue weighted by Crippen LogP contribution is -2.46. The first-order valence-corrected chi connectivity index (χ1v) is 9.86. The normalized spacial score (nSPS) is 19.5. The van der Waals surface area contributed by atoms with Crippen molar-refractivity contribution in [2.75, 3.05) is 42.5 Å². The van der Waals surface area contributed by atoms with Crippen LogP contribution in [-0.2, 0) is 5.54 Å². The molecule has 1 saturated heterocycles. The van der Waals surface area contributed by atoms with Crippen molar-refractivity contribution in [3.8, 4) is 0 Å². The maximum absolute atomic E-state index is 13.1. The summed E-state index contributed by atoms with van der Waals surface area (Å²) in [5.41, 5.74) is 3.10. The fourth-order valence-corrected chi connectivity index (χ4v) is 4.35. The van der Waals surface area contributed by atoms with Gasteiger partial charge in [0.1, 0.15) is 0 Å². The fraction of sp³-hybridized carbons (Fsp3) is 0.429. The number of carbonyl (C=O) groups is 1. The highest BCUT2D eigenvalue weighted by atomic mass is 35.5. The lowest BCUT2D eigenvalue weighted by molar-refractivity contribution is 0.0982. The van der Waals surface area contributed by atoms with Crippen molar-refractivity contribution in [1.82, 2.24) is 9.88 Å². The molecule has 1 amide bonds. The molecule has 0 bridgehead atoms. The van der Waals surface area contributed by atoms with Gasteiger partial charge in [0.25, 0.3) is 5.91 Å². The Morgan fingerprint density at radius 1 is 1.07 bits per heavy atom. The van der Waals surface area contributed by atoms with Crippen LogP contribution in [0.2, 0.25) is 5.02 Å². The zero-order chi connectivity index (χ0) is 19.2. The lowest BCUT2D eigenvalue weighted by atomic mass is 9.93. The third-order valence-corrected chi connectivity index (χ3v) is 6.02. The maximum Gasteiger partial charge on any atom is 0.259 e. The molecule has 0 radical (unpaired) electrons. The number of rotatable bonds is 3. The maximum atomic E-state index is 13.1. The molecular formula is C21H25ClN4O. The molecule has 4 rings (SSSR count). The number of anilines is 2. The number of fused-ring (bicyclic) bond motifs is 1. The van der Waals surface area contributed by atoms with E-state index in [0.717, 1.165) is 49.7 Å². The van der Waals surface area contributed by atoms with Gasteiger partial charge in [-0.25, -0.2) is 0 Å². The van der Waals surface area contributed by atoms with E-state index < -0.39 is 5.54 Å². The molecule has 2 aliphatic heterocycles. The number of nitrogens with zero attached hydrogens (tertiary/aromatic N) is 4. The highest BCUT2D eigenvalue weighted by molar-refractivity contribution is 6.31. The second-order valence-electron chi connectivity index (χ2n) is 7.71. The van der Waals surface area contributed by atoms with Crippen LogP contribution < -0.4 is 9.80 Å². The van der Waals surface area contributed by atoms with Crippen LogP contribution in [-0.4, -0.2) is 48.5 Å². The van der Waals surface area contributed by atoms with Crippen LogP contribution in [0.1, 0.15) is 36.7 Å². The lowest BCUT2D eigenvalue weighted by Gasteiger charge is -2.36. The van der Waals surface area contributed by atoms with E-state index in [9.17, 15) is 4.79 Å². The van der Waals surface area contributed by atoms with E-state index in [-0.39, 0.29) is 5.91 Å². The van der Waals surface area contributed by atoms with E-state index in [2.05, 4.69) is 41.6 Å². The first kappa shape index (κ1) is 18.3. The molecule has 0 saturated carbocycles. The monoisotopic (exact) mass is 384 g/mol. The van der Waals surface area contributed by atoms with Crippen molar-refractivity contribution in [1.29, 1.82) is 0 Å². The minimum Gasteiger partial charge on any atom is -0.368 e. The van der Waals surface area contributed by atoms with Gasteiger partial charge in [-0.15, -0.1) is 0 Å². The summed E-state index contributed by atoms with van der Waals surface area (Å²) in [6, 6.07) is 7.58. The molecule has 0 unspecified atom stereocenters. The Kier molecular flexibility index (Phi) is 4.60. The zero-order valence-corrected chi connectivity index (χ0v) is 16.8. The number of pyridine rings is 1. The molecule has 1 aromatic carbocycles. The largest absolute Gasteiger partial charge is 0.368 e. The average Bonchev–Trinajstić information content (AvgIpc) is 2.87. The summed E-state index contributed by atoms with van der Waals surface area (Å²) in [6.45, 7) is 11.5. The molecule has 1 aromatic heterocycles. The van der Waals surface area contributed by atoms with Gasteiger partial charge < -0.3 is 9.80 Å². The fourth-order valence-electron chi connectivity index (χ4n) is 4.18. The van der Waals surface area contributed by atoms with E-state index in [1.54, 1.807) is 12.3 Å². The Balaban J connectivity index is 1.66. The minimum absolute atomic E-state index is 0.00131. The van der Waals surface area contributed by atoms with Gasteiger partial charge in [-0.3, -0.25) is 14.7 Å². The molecule has 0 N–H and O–H groups in total. The molecule has 1 fully saturated rings. The standard InChI is InChI=1S/C21H25ClN4O/c1-4-24-7-9-25(10-8-24)16-12-17(14-23-13-16)26-20(27)18-6-5-15(22)11-19(18)21(26,2)3/h5-6,11-14H,4,7-10H2,1-3H3. The van der Waals surface area contributed by atoms with Gasteiger partial charge in [-0.05, 0) is 50.2 Å². The average molecular weight is 385 g/mol. The number of halogens is 1. The number of likely N-dealkylation sites (N-methyl/N-ethyl adjacent to an activating group) is 1. The van der Waals surface area contributed by atoms with Crippen molar-refractivity contribution in [2.24, 2.45) is 0 Å². The second-order valence-corrected chi connectivity index (χ2v) is 8.15. The molecule has 6 heteroatoms. The number of carbonyl (C=O) groups excluding carboxylic acids is 1. The van der Waals surface area contributed by atoms with Crippen LogP contribution in [0.4, 0.5) is 11.4 Å². The number of benzene rings is 1. The van der Waals surface area contributed by atoms with Gasteiger partial charge in [0.15, 0.2) is 0 Å². The number of amides is 1. The third-order valence-electron chi connectivity index (χ3n) is 5.79. The van der Waals surface area contributed by atoms with Gasteiger partial charge in [-0.1, -0.05) is 18.5 Å². The third kappa shape index (κ3) is 3.09. The second kappa shape index (κ2) is 6.80. The Morgan fingerprint density at radius 3 is 2.48 bits per heavy atom. The van der Waals surface area contributed by atoms with Crippen molar-refractivity contribution >= 4 is 28.9 Å². The first-order valence-electron chi connectivity index (χ1n) is 9.48. The molecule has 2 aliphatic rings. The van der Waals surface area contributed by atoms with Crippen LogP contribution in [0.5, 0.6) is 0 Å². The summed E-state index contributed by atoms with van der Waals surface area (Å²) in [6.07, 6.45) is 3.67. The van der Waals surface area contributed by atoms with Gasteiger partial charge in [-0.2, -0.15) is 0 Å². The smallest absolute Gasteiger partial charge is 0.259 e. The highest BCUT2D eigenvalue weighted by Gasteiger charge is 2.44. The van der Waals surface area contributed by atoms with E-state index in [4.69, 9.17) is 11.6 Å². The van der Waals surface area contributed by atoms with E-state index >= 15 is 0 Å². The Hall–Kier alpha value is -2.11. The quantitative estimate of drug-likeness (QED) is 0.807. The predicted molar refractivity (Wildman–Crippen MR) is 110 cm³/mol.